The van der Waals surface area contributed by atoms with Crippen LogP contribution in [0.3, 0.4) is 0 Å². The fourth-order valence-electron chi connectivity index (χ4n) is 2.09. The number of nitrogens with zero attached hydrogens (tertiary/aromatic N) is 2. The smallest absolute Gasteiger partial charge is 0.219 e. The Morgan fingerprint density at radius 1 is 1.21 bits per heavy atom. The third-order valence-corrected chi connectivity index (χ3v) is 3.64. The highest BCUT2D eigenvalue weighted by molar-refractivity contribution is 9.10. The van der Waals surface area contributed by atoms with E-state index < -0.39 is 0 Å². The Kier molecular flexibility index (Phi) is 2.95. The summed E-state index contributed by atoms with van der Waals surface area (Å²) in [6.07, 6.45) is 3.42. The van der Waals surface area contributed by atoms with Gasteiger partial charge in [-0.2, -0.15) is 0 Å². The molecule has 0 atom stereocenters. The molecular formula is C15H11BrN2O. The Labute approximate surface area is 119 Å². The van der Waals surface area contributed by atoms with Gasteiger partial charge in [-0.15, -0.1) is 0 Å². The summed E-state index contributed by atoms with van der Waals surface area (Å²) in [4.78, 5) is 8.34. The molecule has 3 rings (SSSR count). The Hall–Kier alpha value is -1.94. The van der Waals surface area contributed by atoms with Crippen LogP contribution in [-0.2, 0) is 0 Å². The maximum atomic E-state index is 10.1. The van der Waals surface area contributed by atoms with E-state index in [0.717, 1.165) is 26.5 Å². The first-order valence-corrected chi connectivity index (χ1v) is 6.65. The molecule has 0 bridgehead atoms. The quantitative estimate of drug-likeness (QED) is 0.736. The summed E-state index contributed by atoms with van der Waals surface area (Å²) >= 11 is 3.54. The molecule has 2 heterocycles. The number of aromatic nitrogens is 2. The number of benzene rings is 1. The van der Waals surface area contributed by atoms with Crippen molar-refractivity contribution >= 4 is 26.8 Å². The van der Waals surface area contributed by atoms with Gasteiger partial charge in [0.1, 0.15) is 0 Å². The van der Waals surface area contributed by atoms with Crippen LogP contribution in [0.2, 0.25) is 0 Å². The Balaban J connectivity index is 2.31. The minimum Gasteiger partial charge on any atom is -0.493 e. The van der Waals surface area contributed by atoms with Crippen LogP contribution in [0.5, 0.6) is 5.88 Å². The second kappa shape index (κ2) is 4.63. The first-order valence-electron chi connectivity index (χ1n) is 5.85. The Bertz CT molecular complexity index is 757. The van der Waals surface area contributed by atoms with Crippen molar-refractivity contribution in [1.29, 1.82) is 0 Å². The van der Waals surface area contributed by atoms with Gasteiger partial charge in [-0.3, -0.25) is 4.98 Å². The molecule has 94 valence electrons. The number of pyridine rings is 2. The van der Waals surface area contributed by atoms with E-state index in [9.17, 15) is 5.11 Å². The van der Waals surface area contributed by atoms with Gasteiger partial charge in [0.05, 0.1) is 5.52 Å². The number of hydrogen-bond acceptors (Lipinski definition) is 3. The highest BCUT2D eigenvalue weighted by Gasteiger charge is 2.10. The molecule has 0 aliphatic heterocycles. The van der Waals surface area contributed by atoms with Crippen molar-refractivity contribution in [1.82, 2.24) is 9.97 Å². The Morgan fingerprint density at radius 3 is 2.79 bits per heavy atom. The molecule has 1 aromatic carbocycles. The van der Waals surface area contributed by atoms with Crippen molar-refractivity contribution in [3.05, 3.63) is 52.8 Å². The minimum absolute atomic E-state index is 0.0259. The molecule has 0 spiro atoms. The summed E-state index contributed by atoms with van der Waals surface area (Å²) < 4.78 is 0.972. The zero-order valence-electron chi connectivity index (χ0n) is 10.3. The maximum Gasteiger partial charge on any atom is 0.219 e. The molecule has 0 aliphatic rings. The maximum absolute atomic E-state index is 10.1. The first-order chi connectivity index (χ1) is 9.15. The van der Waals surface area contributed by atoms with Gasteiger partial charge in [0.15, 0.2) is 0 Å². The fraction of sp³-hybridized carbons (Fsp3) is 0.0667. The summed E-state index contributed by atoms with van der Waals surface area (Å²) in [5, 5.41) is 11.1. The monoisotopic (exact) mass is 314 g/mol. The predicted molar refractivity (Wildman–Crippen MR) is 79.1 cm³/mol. The number of fused-ring (bicyclic) bond motifs is 1. The molecule has 1 N–H and O–H groups in total. The topological polar surface area (TPSA) is 46.0 Å². The average molecular weight is 315 g/mol. The normalized spacial score (nSPS) is 10.8. The van der Waals surface area contributed by atoms with Crippen LogP contribution in [0.1, 0.15) is 5.56 Å². The van der Waals surface area contributed by atoms with Gasteiger partial charge in [-0.25, -0.2) is 4.98 Å². The minimum atomic E-state index is 0.0259. The second-order valence-corrected chi connectivity index (χ2v) is 5.27. The largest absolute Gasteiger partial charge is 0.493 e. The van der Waals surface area contributed by atoms with Crippen LogP contribution in [0.25, 0.3) is 22.0 Å². The molecule has 2 aromatic heterocycles. The van der Waals surface area contributed by atoms with Crippen LogP contribution in [0.15, 0.2) is 47.2 Å². The first kappa shape index (κ1) is 12.1. The number of aromatic hydroxyl groups is 1. The average Bonchev–Trinajstić information content (AvgIpc) is 2.38. The van der Waals surface area contributed by atoms with Gasteiger partial charge in [0, 0.05) is 33.4 Å². The van der Waals surface area contributed by atoms with Crippen molar-refractivity contribution in [2.45, 2.75) is 6.92 Å². The summed E-state index contributed by atoms with van der Waals surface area (Å²) in [6.45, 7) is 2.00. The van der Waals surface area contributed by atoms with Crippen molar-refractivity contribution in [3.63, 3.8) is 0 Å². The molecule has 0 radical (unpaired) electrons. The van der Waals surface area contributed by atoms with Crippen LogP contribution in [0, 0.1) is 6.92 Å². The van der Waals surface area contributed by atoms with E-state index in [-0.39, 0.29) is 5.88 Å². The van der Waals surface area contributed by atoms with Crippen LogP contribution < -0.4 is 0 Å². The van der Waals surface area contributed by atoms with E-state index in [1.165, 1.54) is 0 Å². The highest BCUT2D eigenvalue weighted by Crippen LogP contribution is 2.33. The molecule has 3 nitrogen and oxygen atoms in total. The molecule has 0 fully saturated rings. The number of halogens is 1. The fourth-order valence-corrected chi connectivity index (χ4v) is 2.77. The zero-order chi connectivity index (χ0) is 13.4. The van der Waals surface area contributed by atoms with E-state index in [2.05, 4.69) is 25.9 Å². The van der Waals surface area contributed by atoms with Gasteiger partial charge in [0.2, 0.25) is 5.88 Å². The lowest BCUT2D eigenvalue weighted by atomic mass is 10.1. The highest BCUT2D eigenvalue weighted by atomic mass is 79.9. The van der Waals surface area contributed by atoms with E-state index in [0.29, 0.717) is 5.56 Å². The molecule has 4 heteroatoms. The lowest BCUT2D eigenvalue weighted by molar-refractivity contribution is 0.458. The molecule has 0 unspecified atom stereocenters. The van der Waals surface area contributed by atoms with Crippen LogP contribution >= 0.6 is 15.9 Å². The zero-order valence-corrected chi connectivity index (χ0v) is 11.8. The molecule has 0 saturated carbocycles. The summed E-state index contributed by atoms with van der Waals surface area (Å²) in [7, 11) is 0. The van der Waals surface area contributed by atoms with E-state index in [4.69, 9.17) is 0 Å². The Morgan fingerprint density at radius 2 is 2.05 bits per heavy atom. The number of rotatable bonds is 1. The third-order valence-electron chi connectivity index (χ3n) is 2.98. The molecular weight excluding hydrogens is 304 g/mol. The van der Waals surface area contributed by atoms with E-state index in [1.807, 2.05) is 37.3 Å². The van der Waals surface area contributed by atoms with Gasteiger partial charge in [-0.05, 0) is 36.8 Å². The van der Waals surface area contributed by atoms with Crippen molar-refractivity contribution in [3.8, 4) is 17.0 Å². The summed E-state index contributed by atoms with van der Waals surface area (Å²) in [5.41, 5.74) is 3.41. The van der Waals surface area contributed by atoms with Crippen molar-refractivity contribution in [2.24, 2.45) is 0 Å². The predicted octanol–water partition coefficient (Wildman–Crippen LogP) is 4.07. The molecule has 0 aliphatic carbocycles. The summed E-state index contributed by atoms with van der Waals surface area (Å²) in [5.74, 6) is 0.0259. The number of aryl methyl sites for hydroxylation is 1. The third kappa shape index (κ3) is 2.19. The molecule has 19 heavy (non-hydrogen) atoms. The van der Waals surface area contributed by atoms with Crippen LogP contribution in [0.4, 0.5) is 0 Å². The standard InChI is InChI=1S/C15H11BrN2O/c1-9-5-13(16)12-7-11(10-3-2-4-17-8-10)15(19)18-14(12)6-9/h2-8H,1H3,(H,18,19). The van der Waals surface area contributed by atoms with Crippen molar-refractivity contribution in [2.75, 3.05) is 0 Å². The van der Waals surface area contributed by atoms with Gasteiger partial charge < -0.3 is 5.11 Å². The summed E-state index contributed by atoms with van der Waals surface area (Å²) in [6, 6.07) is 9.65. The van der Waals surface area contributed by atoms with Gasteiger partial charge in [0.25, 0.3) is 0 Å². The molecule has 0 amide bonds. The van der Waals surface area contributed by atoms with Crippen molar-refractivity contribution < 1.29 is 5.11 Å². The lowest BCUT2D eigenvalue weighted by Gasteiger charge is -2.08. The molecule has 0 saturated heterocycles. The number of hydrogen-bond donors (Lipinski definition) is 1. The SMILES string of the molecule is Cc1cc(Br)c2cc(-c3cccnc3)c(O)nc2c1. The van der Waals surface area contributed by atoms with E-state index in [1.54, 1.807) is 12.4 Å². The molecule has 3 aromatic rings. The van der Waals surface area contributed by atoms with Gasteiger partial charge >= 0.3 is 0 Å². The lowest BCUT2D eigenvalue weighted by Crippen LogP contribution is -1.88. The van der Waals surface area contributed by atoms with Gasteiger partial charge in [-0.1, -0.05) is 22.0 Å². The second-order valence-electron chi connectivity index (χ2n) is 4.41. The van der Waals surface area contributed by atoms with E-state index >= 15 is 0 Å². The van der Waals surface area contributed by atoms with Crippen LogP contribution in [-0.4, -0.2) is 15.1 Å².